The van der Waals surface area contributed by atoms with Gasteiger partial charge in [-0.15, -0.1) is 0 Å². The molecule has 1 aromatic carbocycles. The summed E-state index contributed by atoms with van der Waals surface area (Å²) in [5.74, 6) is -0.393. The minimum atomic E-state index is -0.847. The normalized spacial score (nSPS) is 10.4. The lowest BCUT2D eigenvalue weighted by molar-refractivity contribution is -0.384. The second kappa shape index (κ2) is 5.91. The number of non-ortho nitro benzene ring substituents is 1. The second-order valence-electron chi connectivity index (χ2n) is 4.13. The quantitative estimate of drug-likeness (QED) is 0.635. The molecule has 0 bridgehead atoms. The first kappa shape index (κ1) is 13.7. The fraction of sp³-hybridized carbons (Fsp3) is 0.250. The van der Waals surface area contributed by atoms with Crippen LogP contribution < -0.4 is 0 Å². The highest BCUT2D eigenvalue weighted by Gasteiger charge is 2.08. The summed E-state index contributed by atoms with van der Waals surface area (Å²) in [6.45, 7) is 0.465. The van der Waals surface area contributed by atoms with Crippen LogP contribution in [-0.4, -0.2) is 30.8 Å². The first-order valence-corrected chi connectivity index (χ1v) is 5.92. The van der Waals surface area contributed by atoms with Gasteiger partial charge in [0.25, 0.3) is 5.69 Å². The monoisotopic (exact) mass is 276 g/mol. The number of hydrogen-bond donors (Lipinski definition) is 1. The Morgan fingerprint density at radius 2 is 2.05 bits per heavy atom. The van der Waals surface area contributed by atoms with Crippen molar-refractivity contribution in [3.63, 3.8) is 0 Å². The minimum Gasteiger partial charge on any atom is -0.481 e. The molecule has 0 amide bonds. The molecule has 0 aliphatic rings. The summed E-state index contributed by atoms with van der Waals surface area (Å²) in [6, 6.07) is 5.94. The molecule has 0 saturated heterocycles. The van der Waals surface area contributed by atoms with E-state index in [0.717, 1.165) is 0 Å². The van der Waals surface area contributed by atoms with E-state index in [2.05, 4.69) is 10.1 Å². The first-order chi connectivity index (χ1) is 9.56. The van der Waals surface area contributed by atoms with Crippen LogP contribution in [0.4, 0.5) is 5.69 Å². The van der Waals surface area contributed by atoms with Crippen LogP contribution in [0.3, 0.4) is 0 Å². The molecule has 1 N–H and O–H groups in total. The Hall–Kier alpha value is -2.77. The van der Waals surface area contributed by atoms with Gasteiger partial charge in [-0.2, -0.15) is 5.10 Å². The molecule has 0 fully saturated rings. The maximum atomic E-state index is 10.5. The molecule has 20 heavy (non-hydrogen) atoms. The molecule has 8 heteroatoms. The van der Waals surface area contributed by atoms with Gasteiger partial charge in [0.1, 0.15) is 6.33 Å². The summed E-state index contributed by atoms with van der Waals surface area (Å²) in [4.78, 5) is 24.6. The van der Waals surface area contributed by atoms with Crippen molar-refractivity contribution in [1.82, 2.24) is 14.8 Å². The number of aryl methyl sites for hydroxylation is 1. The number of carboxylic acids is 1. The predicted molar refractivity (Wildman–Crippen MR) is 69.0 cm³/mol. The Morgan fingerprint density at radius 3 is 2.65 bits per heavy atom. The SMILES string of the molecule is O=C(O)CCCn1cnc(-c2ccc([N+](=O)[O-])cc2)n1. The number of nitro groups is 1. The Bertz CT molecular complexity index is 621. The molecule has 8 nitrogen and oxygen atoms in total. The van der Waals surface area contributed by atoms with Gasteiger partial charge in [0, 0.05) is 30.7 Å². The lowest BCUT2D eigenvalue weighted by atomic mass is 10.2. The standard InChI is InChI=1S/C12H12N4O4/c17-11(18)2-1-7-15-8-13-12(14-15)9-3-5-10(6-4-9)16(19)20/h3-6,8H,1-2,7H2,(H,17,18). The van der Waals surface area contributed by atoms with Gasteiger partial charge in [-0.3, -0.25) is 19.6 Å². The molecule has 104 valence electrons. The Balaban J connectivity index is 2.04. The van der Waals surface area contributed by atoms with Gasteiger partial charge in [0.2, 0.25) is 0 Å². The summed E-state index contributed by atoms with van der Waals surface area (Å²) >= 11 is 0. The van der Waals surface area contributed by atoms with Crippen LogP contribution >= 0.6 is 0 Å². The van der Waals surface area contributed by atoms with Gasteiger partial charge in [-0.1, -0.05) is 0 Å². The zero-order chi connectivity index (χ0) is 14.5. The summed E-state index contributed by atoms with van der Waals surface area (Å²) in [5, 5.41) is 23.3. The smallest absolute Gasteiger partial charge is 0.303 e. The number of aliphatic carboxylic acids is 1. The van der Waals surface area contributed by atoms with E-state index in [1.54, 1.807) is 16.8 Å². The number of nitrogens with zero attached hydrogens (tertiary/aromatic N) is 4. The average Bonchev–Trinajstić information content (AvgIpc) is 2.87. The summed E-state index contributed by atoms with van der Waals surface area (Å²) in [6.07, 6.45) is 2.06. The van der Waals surface area contributed by atoms with E-state index in [0.29, 0.717) is 24.4 Å². The highest BCUT2D eigenvalue weighted by atomic mass is 16.6. The lowest BCUT2D eigenvalue weighted by Crippen LogP contribution is -2.02. The summed E-state index contributed by atoms with van der Waals surface area (Å²) < 4.78 is 1.56. The molecule has 0 atom stereocenters. The van der Waals surface area contributed by atoms with Crippen LogP contribution in [0, 0.1) is 10.1 Å². The van der Waals surface area contributed by atoms with Crippen molar-refractivity contribution in [2.24, 2.45) is 0 Å². The third-order valence-corrected chi connectivity index (χ3v) is 2.65. The van der Waals surface area contributed by atoms with Crippen molar-refractivity contribution in [3.8, 4) is 11.4 Å². The van der Waals surface area contributed by atoms with Crippen molar-refractivity contribution in [2.45, 2.75) is 19.4 Å². The van der Waals surface area contributed by atoms with Gasteiger partial charge in [0.05, 0.1) is 4.92 Å². The molecule has 0 spiro atoms. The average molecular weight is 276 g/mol. The van der Waals surface area contributed by atoms with E-state index in [-0.39, 0.29) is 12.1 Å². The van der Waals surface area contributed by atoms with Gasteiger partial charge in [-0.25, -0.2) is 4.98 Å². The number of carboxylic acid groups (broad SMARTS) is 1. The number of hydrogen-bond acceptors (Lipinski definition) is 5. The van der Waals surface area contributed by atoms with Gasteiger partial charge in [0.15, 0.2) is 5.82 Å². The number of rotatable bonds is 6. The molecule has 0 aliphatic heterocycles. The van der Waals surface area contributed by atoms with Crippen LogP contribution in [0.25, 0.3) is 11.4 Å². The van der Waals surface area contributed by atoms with Crippen LogP contribution in [0.5, 0.6) is 0 Å². The zero-order valence-corrected chi connectivity index (χ0v) is 10.5. The number of aromatic nitrogens is 3. The van der Waals surface area contributed by atoms with E-state index in [4.69, 9.17) is 5.11 Å². The molecule has 0 aliphatic carbocycles. The number of benzene rings is 1. The largest absolute Gasteiger partial charge is 0.481 e. The molecular weight excluding hydrogens is 264 g/mol. The highest BCUT2D eigenvalue weighted by molar-refractivity contribution is 5.66. The van der Waals surface area contributed by atoms with Crippen LogP contribution in [0.1, 0.15) is 12.8 Å². The van der Waals surface area contributed by atoms with E-state index >= 15 is 0 Å². The maximum absolute atomic E-state index is 10.5. The van der Waals surface area contributed by atoms with Crippen molar-refractivity contribution >= 4 is 11.7 Å². The molecule has 2 rings (SSSR count). The number of carbonyl (C=O) groups is 1. The maximum Gasteiger partial charge on any atom is 0.303 e. The zero-order valence-electron chi connectivity index (χ0n) is 10.5. The minimum absolute atomic E-state index is 0.00893. The molecule has 1 aromatic heterocycles. The fourth-order valence-corrected chi connectivity index (χ4v) is 1.66. The van der Waals surface area contributed by atoms with Crippen LogP contribution in [0.2, 0.25) is 0 Å². The van der Waals surface area contributed by atoms with Crippen LogP contribution in [-0.2, 0) is 11.3 Å². The van der Waals surface area contributed by atoms with Crippen molar-refractivity contribution in [2.75, 3.05) is 0 Å². The lowest BCUT2D eigenvalue weighted by Gasteiger charge is -1.98. The second-order valence-corrected chi connectivity index (χ2v) is 4.13. The fourth-order valence-electron chi connectivity index (χ4n) is 1.66. The van der Waals surface area contributed by atoms with Crippen LogP contribution in [0.15, 0.2) is 30.6 Å². The van der Waals surface area contributed by atoms with Crippen molar-refractivity contribution in [1.29, 1.82) is 0 Å². The van der Waals surface area contributed by atoms with Gasteiger partial charge in [-0.05, 0) is 18.6 Å². The summed E-state index contributed by atoms with van der Waals surface area (Å²) in [5.41, 5.74) is 0.683. The molecule has 2 aromatic rings. The first-order valence-electron chi connectivity index (χ1n) is 5.92. The summed E-state index contributed by atoms with van der Waals surface area (Å²) in [7, 11) is 0. The third kappa shape index (κ3) is 3.37. The van der Waals surface area contributed by atoms with E-state index in [1.807, 2.05) is 0 Å². The van der Waals surface area contributed by atoms with Crippen molar-refractivity contribution < 1.29 is 14.8 Å². The molecule has 0 radical (unpaired) electrons. The highest BCUT2D eigenvalue weighted by Crippen LogP contribution is 2.18. The number of nitro benzene ring substituents is 1. The molecular formula is C12H12N4O4. The van der Waals surface area contributed by atoms with E-state index in [1.165, 1.54) is 18.5 Å². The van der Waals surface area contributed by atoms with E-state index < -0.39 is 10.9 Å². The Labute approximate surface area is 113 Å². The van der Waals surface area contributed by atoms with Gasteiger partial charge >= 0.3 is 5.97 Å². The Morgan fingerprint density at radius 1 is 1.35 bits per heavy atom. The van der Waals surface area contributed by atoms with E-state index in [9.17, 15) is 14.9 Å². The predicted octanol–water partition coefficient (Wildman–Crippen LogP) is 1.72. The Kier molecular flexibility index (Phi) is 4.04. The topological polar surface area (TPSA) is 111 Å². The van der Waals surface area contributed by atoms with Crippen molar-refractivity contribution in [3.05, 3.63) is 40.7 Å². The third-order valence-electron chi connectivity index (χ3n) is 2.65. The molecule has 0 saturated carbocycles. The molecule has 0 unspecified atom stereocenters. The van der Waals surface area contributed by atoms with Gasteiger partial charge < -0.3 is 5.11 Å². The molecule has 1 heterocycles.